The third-order valence-corrected chi connectivity index (χ3v) is 3.70. The molecule has 0 saturated heterocycles. The van der Waals surface area contributed by atoms with Crippen LogP contribution in [0.2, 0.25) is 0 Å². The Morgan fingerprint density at radius 2 is 2.04 bits per heavy atom. The van der Waals surface area contributed by atoms with Crippen molar-refractivity contribution in [1.29, 1.82) is 0 Å². The van der Waals surface area contributed by atoms with Gasteiger partial charge in [-0.05, 0) is 24.3 Å². The lowest BCUT2D eigenvalue weighted by Gasteiger charge is -2.18. The van der Waals surface area contributed by atoms with Crippen molar-refractivity contribution in [3.63, 3.8) is 0 Å². The van der Waals surface area contributed by atoms with Crippen molar-refractivity contribution in [2.45, 2.75) is 0 Å². The van der Waals surface area contributed by atoms with E-state index in [9.17, 15) is 14.0 Å². The molecule has 0 bridgehead atoms. The molecule has 1 aromatic carbocycles. The zero-order chi connectivity index (χ0) is 17.8. The number of hydrogen-bond acceptors (Lipinski definition) is 4. The van der Waals surface area contributed by atoms with E-state index in [-0.39, 0.29) is 30.4 Å². The number of nitrogens with one attached hydrogen (secondary N) is 2. The van der Waals surface area contributed by atoms with Crippen LogP contribution in [0.5, 0.6) is 0 Å². The predicted molar refractivity (Wildman–Crippen MR) is 89.6 cm³/mol. The average Bonchev–Trinajstić information content (AvgIpc) is 3.09. The summed E-state index contributed by atoms with van der Waals surface area (Å²) < 4.78 is 13.7. The minimum Gasteiger partial charge on any atom is -0.361 e. The van der Waals surface area contributed by atoms with E-state index >= 15 is 0 Å². The number of likely N-dealkylation sites (N-methyl/N-ethyl adjacent to an activating group) is 1. The van der Waals surface area contributed by atoms with Gasteiger partial charge >= 0.3 is 0 Å². The van der Waals surface area contributed by atoms with Crippen molar-refractivity contribution in [3.8, 4) is 0 Å². The summed E-state index contributed by atoms with van der Waals surface area (Å²) in [4.78, 5) is 36.5. The lowest BCUT2D eigenvalue weighted by atomic mass is 10.1. The summed E-state index contributed by atoms with van der Waals surface area (Å²) in [5, 5.41) is 3.27. The molecule has 3 rings (SSSR count). The number of carbonyl (C=O) groups is 2. The monoisotopic (exact) mass is 341 g/mol. The molecule has 2 heterocycles. The molecule has 25 heavy (non-hydrogen) atoms. The van der Waals surface area contributed by atoms with Gasteiger partial charge in [-0.15, -0.1) is 0 Å². The Labute approximate surface area is 142 Å². The van der Waals surface area contributed by atoms with Crippen LogP contribution in [0.25, 0.3) is 10.9 Å². The summed E-state index contributed by atoms with van der Waals surface area (Å²) in [5.41, 5.74) is 0.834. The van der Waals surface area contributed by atoms with Crippen molar-refractivity contribution >= 4 is 22.7 Å². The molecule has 7 nitrogen and oxygen atoms in total. The molecule has 0 saturated carbocycles. The Hall–Kier alpha value is -3.29. The van der Waals surface area contributed by atoms with Gasteiger partial charge in [-0.1, -0.05) is 0 Å². The van der Waals surface area contributed by atoms with E-state index in [0.29, 0.717) is 10.9 Å². The first kappa shape index (κ1) is 16.6. The summed E-state index contributed by atoms with van der Waals surface area (Å²) >= 11 is 0. The van der Waals surface area contributed by atoms with E-state index in [4.69, 9.17) is 0 Å². The molecule has 3 aromatic rings. The normalized spacial score (nSPS) is 10.6. The van der Waals surface area contributed by atoms with Gasteiger partial charge in [-0.25, -0.2) is 14.4 Å². The molecule has 0 aliphatic carbocycles. The standard InChI is InChI=1S/C17H16FN5O2/c1-23(8-7-22-16(24)15-20-4-2-5-21-15)17(25)13-10-12(18)9-11-3-6-19-14(11)13/h2-6,9-10,19H,7-8H2,1H3,(H,22,24). The van der Waals surface area contributed by atoms with E-state index in [1.165, 1.54) is 29.4 Å². The maximum Gasteiger partial charge on any atom is 0.289 e. The zero-order valence-electron chi connectivity index (χ0n) is 13.5. The molecule has 0 atom stereocenters. The highest BCUT2D eigenvalue weighted by Crippen LogP contribution is 2.20. The number of H-pyrrole nitrogens is 1. The molecule has 2 amide bonds. The highest BCUT2D eigenvalue weighted by Gasteiger charge is 2.17. The topological polar surface area (TPSA) is 91.0 Å². The maximum atomic E-state index is 13.7. The Morgan fingerprint density at radius 3 is 2.80 bits per heavy atom. The first-order chi connectivity index (χ1) is 12.1. The van der Waals surface area contributed by atoms with Gasteiger partial charge < -0.3 is 15.2 Å². The first-order valence-corrected chi connectivity index (χ1v) is 7.63. The van der Waals surface area contributed by atoms with Crippen LogP contribution in [0, 0.1) is 5.82 Å². The number of aromatic nitrogens is 3. The third kappa shape index (κ3) is 3.63. The van der Waals surface area contributed by atoms with Crippen molar-refractivity contribution in [1.82, 2.24) is 25.2 Å². The van der Waals surface area contributed by atoms with E-state index in [1.807, 2.05) is 0 Å². The Kier molecular flexibility index (Phi) is 4.69. The lowest BCUT2D eigenvalue weighted by molar-refractivity contribution is 0.0787. The van der Waals surface area contributed by atoms with Crippen LogP contribution in [0.3, 0.4) is 0 Å². The molecule has 0 spiro atoms. The number of amides is 2. The van der Waals surface area contributed by atoms with Crippen LogP contribution < -0.4 is 5.32 Å². The number of fused-ring (bicyclic) bond motifs is 1. The number of halogens is 1. The second kappa shape index (κ2) is 7.08. The van der Waals surface area contributed by atoms with Gasteiger partial charge in [0.05, 0.1) is 11.1 Å². The molecular formula is C17H16FN5O2. The third-order valence-electron chi connectivity index (χ3n) is 3.70. The molecule has 0 fully saturated rings. The molecule has 2 N–H and O–H groups in total. The van der Waals surface area contributed by atoms with Gasteiger partial charge in [0.25, 0.3) is 11.8 Å². The summed E-state index contributed by atoms with van der Waals surface area (Å²) in [5.74, 6) is -1.16. The number of benzene rings is 1. The first-order valence-electron chi connectivity index (χ1n) is 7.63. The molecule has 2 aromatic heterocycles. The van der Waals surface area contributed by atoms with Crippen molar-refractivity contribution in [2.75, 3.05) is 20.1 Å². The fraction of sp³-hybridized carbons (Fsp3) is 0.176. The second-order valence-corrected chi connectivity index (χ2v) is 5.45. The number of rotatable bonds is 5. The molecular weight excluding hydrogens is 325 g/mol. The molecule has 128 valence electrons. The quantitative estimate of drug-likeness (QED) is 0.737. The number of aromatic amines is 1. The zero-order valence-corrected chi connectivity index (χ0v) is 13.5. The molecule has 8 heteroatoms. The summed E-state index contributed by atoms with van der Waals surface area (Å²) in [7, 11) is 1.59. The van der Waals surface area contributed by atoms with E-state index < -0.39 is 11.7 Å². The average molecular weight is 341 g/mol. The summed E-state index contributed by atoms with van der Waals surface area (Å²) in [6, 6.07) is 5.88. The van der Waals surface area contributed by atoms with E-state index in [2.05, 4.69) is 20.3 Å². The van der Waals surface area contributed by atoms with Crippen molar-refractivity contribution < 1.29 is 14.0 Å². The van der Waals surface area contributed by atoms with Crippen LogP contribution in [0.1, 0.15) is 21.0 Å². The van der Waals surface area contributed by atoms with Crippen molar-refractivity contribution in [2.24, 2.45) is 0 Å². The van der Waals surface area contributed by atoms with Gasteiger partial charge in [0.15, 0.2) is 0 Å². The second-order valence-electron chi connectivity index (χ2n) is 5.45. The Balaban J connectivity index is 1.63. The maximum absolute atomic E-state index is 13.7. The number of hydrogen-bond donors (Lipinski definition) is 2. The number of nitrogens with zero attached hydrogens (tertiary/aromatic N) is 3. The minimum absolute atomic E-state index is 0.0645. The van der Waals surface area contributed by atoms with Crippen molar-refractivity contribution in [3.05, 3.63) is 60.1 Å². The van der Waals surface area contributed by atoms with Gasteiger partial charge in [-0.3, -0.25) is 9.59 Å². The largest absolute Gasteiger partial charge is 0.361 e. The fourth-order valence-electron chi connectivity index (χ4n) is 2.44. The fourth-order valence-corrected chi connectivity index (χ4v) is 2.44. The van der Waals surface area contributed by atoms with E-state index in [0.717, 1.165) is 0 Å². The highest BCUT2D eigenvalue weighted by atomic mass is 19.1. The van der Waals surface area contributed by atoms with E-state index in [1.54, 1.807) is 25.4 Å². The molecule has 0 radical (unpaired) electrons. The highest BCUT2D eigenvalue weighted by molar-refractivity contribution is 6.05. The van der Waals surface area contributed by atoms with Gasteiger partial charge in [0.2, 0.25) is 5.82 Å². The predicted octanol–water partition coefficient (Wildman–Crippen LogP) is 1.60. The smallest absolute Gasteiger partial charge is 0.289 e. The van der Waals surface area contributed by atoms with Crippen LogP contribution in [-0.4, -0.2) is 51.8 Å². The Morgan fingerprint density at radius 1 is 1.28 bits per heavy atom. The lowest BCUT2D eigenvalue weighted by Crippen LogP contribution is -2.36. The molecule has 0 unspecified atom stereocenters. The SMILES string of the molecule is CN(CCNC(=O)c1ncccn1)C(=O)c1cc(F)cc2cc[nH]c12. The van der Waals surface area contributed by atoms with Gasteiger partial charge in [-0.2, -0.15) is 0 Å². The van der Waals surface area contributed by atoms with Crippen LogP contribution in [0.4, 0.5) is 4.39 Å². The van der Waals surface area contributed by atoms with Gasteiger partial charge in [0.1, 0.15) is 5.82 Å². The number of carbonyl (C=O) groups excluding carboxylic acids is 2. The molecule has 0 aliphatic rings. The van der Waals surface area contributed by atoms with Gasteiger partial charge in [0, 0.05) is 44.1 Å². The van der Waals surface area contributed by atoms with Crippen LogP contribution in [-0.2, 0) is 0 Å². The Bertz CT molecular complexity index is 910. The summed E-state index contributed by atoms with van der Waals surface area (Å²) in [6.45, 7) is 0.485. The van der Waals surface area contributed by atoms with Crippen LogP contribution in [0.15, 0.2) is 42.9 Å². The summed E-state index contributed by atoms with van der Waals surface area (Å²) in [6.07, 6.45) is 4.60. The minimum atomic E-state index is -0.474. The molecule has 0 aliphatic heterocycles. The van der Waals surface area contributed by atoms with Crippen LogP contribution >= 0.6 is 0 Å².